The number of phenolic OH excluding ortho intramolecular Hbond substituents is 1. The van der Waals surface area contributed by atoms with Crippen LogP contribution in [0, 0.1) is 5.92 Å². The van der Waals surface area contributed by atoms with Crippen LogP contribution in [0.25, 0.3) is 0 Å². The molecule has 0 aliphatic carbocycles. The Hall–Kier alpha value is -0.590. The second kappa shape index (κ2) is 4.83. The topological polar surface area (TPSA) is 56.6 Å². The maximum Gasteiger partial charge on any atom is 0.143 e. The number of rotatable bonds is 1. The smallest absolute Gasteiger partial charge is 0.143 e. The van der Waals surface area contributed by atoms with Gasteiger partial charge in [-0.05, 0) is 49.6 Å². The van der Waals surface area contributed by atoms with Gasteiger partial charge in [-0.25, -0.2) is 0 Å². The number of nitrogens with one attached hydrogen (secondary N) is 2. The third kappa shape index (κ3) is 2.06. The van der Waals surface area contributed by atoms with E-state index in [0.29, 0.717) is 14.9 Å². The molecule has 2 aliphatic heterocycles. The fourth-order valence-corrected chi connectivity index (χ4v) is 3.76. The lowest BCUT2D eigenvalue weighted by Gasteiger charge is -2.25. The van der Waals surface area contributed by atoms with Gasteiger partial charge in [-0.2, -0.15) is 5.10 Å². The zero-order chi connectivity index (χ0) is 12.7. The SMILES string of the molecule is Oc1c(Br)cc(C2NN=C3CCNCC32)cc1Br. The molecule has 2 atom stereocenters. The predicted octanol–water partition coefficient (Wildman–Crippen LogP) is 2.53. The lowest BCUT2D eigenvalue weighted by atomic mass is 9.87. The Kier molecular flexibility index (Phi) is 3.34. The molecule has 6 heteroatoms. The van der Waals surface area contributed by atoms with Crippen molar-refractivity contribution in [1.29, 1.82) is 0 Å². The lowest BCUT2D eigenvalue weighted by Crippen LogP contribution is -2.38. The van der Waals surface area contributed by atoms with Crippen LogP contribution in [0.2, 0.25) is 0 Å². The Balaban J connectivity index is 1.92. The summed E-state index contributed by atoms with van der Waals surface area (Å²) in [5, 5.41) is 17.6. The third-order valence-corrected chi connectivity index (χ3v) is 4.71. The zero-order valence-electron chi connectivity index (χ0n) is 9.58. The normalized spacial score (nSPS) is 26.4. The summed E-state index contributed by atoms with van der Waals surface area (Å²) in [5.74, 6) is 0.641. The van der Waals surface area contributed by atoms with E-state index in [0.717, 1.165) is 25.1 Å². The molecule has 0 spiro atoms. The Morgan fingerprint density at radius 3 is 2.72 bits per heavy atom. The molecular formula is C12H13Br2N3O. The van der Waals surface area contributed by atoms with E-state index in [1.807, 2.05) is 12.1 Å². The maximum atomic E-state index is 9.75. The highest BCUT2D eigenvalue weighted by atomic mass is 79.9. The van der Waals surface area contributed by atoms with Gasteiger partial charge in [0.15, 0.2) is 0 Å². The molecule has 18 heavy (non-hydrogen) atoms. The summed E-state index contributed by atoms with van der Waals surface area (Å²) in [6.07, 6.45) is 1.01. The second-order valence-corrected chi connectivity index (χ2v) is 6.31. The number of aromatic hydroxyl groups is 1. The summed E-state index contributed by atoms with van der Waals surface area (Å²) in [6.45, 7) is 1.96. The molecule has 2 unspecified atom stereocenters. The fraction of sp³-hybridized carbons (Fsp3) is 0.417. The van der Waals surface area contributed by atoms with Crippen LogP contribution in [0.4, 0.5) is 0 Å². The van der Waals surface area contributed by atoms with E-state index < -0.39 is 0 Å². The minimum Gasteiger partial charge on any atom is -0.506 e. The van der Waals surface area contributed by atoms with Gasteiger partial charge in [0.1, 0.15) is 5.75 Å². The highest BCUT2D eigenvalue weighted by Gasteiger charge is 2.34. The van der Waals surface area contributed by atoms with E-state index >= 15 is 0 Å². The largest absolute Gasteiger partial charge is 0.506 e. The van der Waals surface area contributed by atoms with Crippen LogP contribution >= 0.6 is 31.9 Å². The monoisotopic (exact) mass is 373 g/mol. The van der Waals surface area contributed by atoms with E-state index in [9.17, 15) is 5.11 Å². The van der Waals surface area contributed by atoms with Crippen molar-refractivity contribution in [3.63, 3.8) is 0 Å². The minimum atomic E-state index is 0.181. The van der Waals surface area contributed by atoms with Crippen molar-refractivity contribution in [2.24, 2.45) is 11.0 Å². The van der Waals surface area contributed by atoms with Gasteiger partial charge in [-0.3, -0.25) is 0 Å². The molecule has 3 N–H and O–H groups in total. The molecule has 4 nitrogen and oxygen atoms in total. The van der Waals surface area contributed by atoms with Crippen molar-refractivity contribution >= 4 is 37.6 Å². The van der Waals surface area contributed by atoms with Gasteiger partial charge in [0, 0.05) is 31.1 Å². The molecular weight excluding hydrogens is 362 g/mol. The molecule has 1 saturated heterocycles. The van der Waals surface area contributed by atoms with Crippen LogP contribution < -0.4 is 10.7 Å². The lowest BCUT2D eigenvalue weighted by molar-refractivity contribution is 0.446. The molecule has 0 saturated carbocycles. The summed E-state index contributed by atoms with van der Waals surface area (Å²) in [4.78, 5) is 0. The molecule has 2 aliphatic rings. The van der Waals surface area contributed by atoms with E-state index in [-0.39, 0.29) is 11.8 Å². The zero-order valence-corrected chi connectivity index (χ0v) is 12.8. The number of fused-ring (bicyclic) bond motifs is 1. The number of nitrogens with zero attached hydrogens (tertiary/aromatic N) is 1. The number of halogens is 2. The molecule has 0 aromatic heterocycles. The van der Waals surface area contributed by atoms with Crippen molar-refractivity contribution < 1.29 is 5.11 Å². The Morgan fingerprint density at radius 1 is 1.28 bits per heavy atom. The molecule has 0 bridgehead atoms. The Labute approximate surface area is 122 Å². The van der Waals surface area contributed by atoms with Gasteiger partial charge in [-0.1, -0.05) is 0 Å². The molecule has 2 heterocycles. The van der Waals surface area contributed by atoms with E-state index in [2.05, 4.69) is 47.7 Å². The van der Waals surface area contributed by atoms with Crippen molar-refractivity contribution in [2.45, 2.75) is 12.5 Å². The maximum absolute atomic E-state index is 9.75. The molecule has 1 fully saturated rings. The Bertz CT molecular complexity index is 495. The Morgan fingerprint density at radius 2 is 2.00 bits per heavy atom. The van der Waals surface area contributed by atoms with E-state index in [1.54, 1.807) is 0 Å². The van der Waals surface area contributed by atoms with Crippen molar-refractivity contribution in [3.8, 4) is 5.75 Å². The highest BCUT2D eigenvalue weighted by Crippen LogP contribution is 2.38. The summed E-state index contributed by atoms with van der Waals surface area (Å²) in [7, 11) is 0. The fourth-order valence-electron chi connectivity index (χ4n) is 2.54. The highest BCUT2D eigenvalue weighted by molar-refractivity contribution is 9.11. The summed E-state index contributed by atoms with van der Waals surface area (Å²) < 4.78 is 1.40. The number of piperidine rings is 1. The van der Waals surface area contributed by atoms with Crippen LogP contribution in [-0.2, 0) is 0 Å². The van der Waals surface area contributed by atoms with E-state index in [4.69, 9.17) is 0 Å². The molecule has 0 amide bonds. The molecule has 1 aromatic carbocycles. The van der Waals surface area contributed by atoms with Crippen LogP contribution in [0.3, 0.4) is 0 Å². The summed E-state index contributed by atoms with van der Waals surface area (Å²) in [6, 6.07) is 4.08. The molecule has 0 radical (unpaired) electrons. The number of phenols is 1. The van der Waals surface area contributed by atoms with Gasteiger partial charge < -0.3 is 15.8 Å². The average Bonchev–Trinajstić information content (AvgIpc) is 2.79. The molecule has 1 aromatic rings. The first-order valence-electron chi connectivity index (χ1n) is 5.87. The average molecular weight is 375 g/mol. The molecule has 3 rings (SSSR count). The van der Waals surface area contributed by atoms with Crippen LogP contribution in [-0.4, -0.2) is 23.9 Å². The summed E-state index contributed by atoms with van der Waals surface area (Å²) in [5.41, 5.74) is 5.59. The second-order valence-electron chi connectivity index (χ2n) is 4.60. The van der Waals surface area contributed by atoms with Crippen LogP contribution in [0.1, 0.15) is 18.0 Å². The minimum absolute atomic E-state index is 0.181. The first kappa shape index (κ1) is 12.4. The quantitative estimate of drug-likeness (QED) is 0.707. The third-order valence-electron chi connectivity index (χ3n) is 3.50. The van der Waals surface area contributed by atoms with Gasteiger partial charge in [0.05, 0.1) is 15.0 Å². The standard InChI is InChI=1S/C12H13Br2N3O/c13-8-3-6(4-9(14)12(8)18)11-7-5-15-2-1-10(7)16-17-11/h3-4,7,11,15,17-18H,1-2,5H2. The van der Waals surface area contributed by atoms with Gasteiger partial charge in [0.25, 0.3) is 0 Å². The first-order chi connectivity index (χ1) is 8.66. The van der Waals surface area contributed by atoms with Crippen LogP contribution in [0.15, 0.2) is 26.2 Å². The summed E-state index contributed by atoms with van der Waals surface area (Å²) >= 11 is 6.74. The van der Waals surface area contributed by atoms with Crippen molar-refractivity contribution in [3.05, 3.63) is 26.6 Å². The number of benzene rings is 1. The van der Waals surface area contributed by atoms with Crippen molar-refractivity contribution in [2.75, 3.05) is 13.1 Å². The number of hydrazone groups is 1. The van der Waals surface area contributed by atoms with Gasteiger partial charge in [-0.15, -0.1) is 0 Å². The van der Waals surface area contributed by atoms with Gasteiger partial charge >= 0.3 is 0 Å². The first-order valence-corrected chi connectivity index (χ1v) is 7.46. The van der Waals surface area contributed by atoms with Crippen LogP contribution in [0.5, 0.6) is 5.75 Å². The number of hydrogen-bond acceptors (Lipinski definition) is 4. The van der Waals surface area contributed by atoms with E-state index in [1.165, 1.54) is 5.71 Å². The molecule has 96 valence electrons. The predicted molar refractivity (Wildman–Crippen MR) is 77.8 cm³/mol. The van der Waals surface area contributed by atoms with Gasteiger partial charge in [0.2, 0.25) is 0 Å². The number of hydrogen-bond donors (Lipinski definition) is 3. The van der Waals surface area contributed by atoms with Crippen molar-refractivity contribution in [1.82, 2.24) is 10.7 Å².